The van der Waals surface area contributed by atoms with Crippen molar-refractivity contribution in [2.75, 3.05) is 16.6 Å². The Morgan fingerprint density at radius 2 is 2.08 bits per heavy atom. The number of fused-ring (bicyclic) bond motifs is 1. The molecule has 1 aromatic carbocycles. The molecule has 2 aromatic heterocycles. The van der Waals surface area contributed by atoms with Crippen LogP contribution in [0.1, 0.15) is 10.4 Å². The molecular formula is C19H17N3O3S. The number of benzene rings is 1. The van der Waals surface area contributed by atoms with E-state index in [0.29, 0.717) is 17.9 Å². The van der Waals surface area contributed by atoms with Gasteiger partial charge in [0.1, 0.15) is 6.54 Å². The number of carbonyl (C=O) groups excluding carboxylic acids is 1. The molecule has 1 fully saturated rings. The lowest BCUT2D eigenvalue weighted by Gasteiger charge is -2.15. The Labute approximate surface area is 154 Å². The highest BCUT2D eigenvalue weighted by molar-refractivity contribution is 8.00. The van der Waals surface area contributed by atoms with Gasteiger partial charge < -0.3 is 14.0 Å². The van der Waals surface area contributed by atoms with Crippen LogP contribution < -0.4 is 4.31 Å². The summed E-state index contributed by atoms with van der Waals surface area (Å²) in [5.74, 6) is -0.302. The third kappa shape index (κ3) is 3.06. The second-order valence-corrected chi connectivity index (χ2v) is 7.24. The molecule has 4 rings (SSSR count). The van der Waals surface area contributed by atoms with Gasteiger partial charge in [0.15, 0.2) is 5.78 Å². The number of pyridine rings is 1. The minimum absolute atomic E-state index is 0.0595. The van der Waals surface area contributed by atoms with Crippen molar-refractivity contribution in [1.82, 2.24) is 9.55 Å². The lowest BCUT2D eigenvalue weighted by atomic mass is 9.98. The lowest BCUT2D eigenvalue weighted by Crippen LogP contribution is -2.22. The van der Waals surface area contributed by atoms with E-state index >= 15 is 0 Å². The Balaban J connectivity index is 1.62. The minimum atomic E-state index is -0.927. The first-order chi connectivity index (χ1) is 12.6. The molecule has 6 nitrogen and oxygen atoms in total. The van der Waals surface area contributed by atoms with Crippen molar-refractivity contribution >= 4 is 40.3 Å². The van der Waals surface area contributed by atoms with Crippen molar-refractivity contribution < 1.29 is 14.7 Å². The van der Waals surface area contributed by atoms with E-state index in [1.54, 1.807) is 35.1 Å². The maximum atomic E-state index is 13.1. The van der Waals surface area contributed by atoms with Crippen LogP contribution in [0.4, 0.5) is 5.69 Å². The maximum Gasteiger partial charge on any atom is 0.323 e. The number of ketones is 1. The third-order valence-corrected chi connectivity index (χ3v) is 5.71. The van der Waals surface area contributed by atoms with E-state index in [4.69, 9.17) is 5.11 Å². The summed E-state index contributed by atoms with van der Waals surface area (Å²) in [6.07, 6.45) is 5.20. The molecule has 1 saturated heterocycles. The van der Waals surface area contributed by atoms with Crippen LogP contribution in [0.3, 0.4) is 0 Å². The molecule has 1 aliphatic heterocycles. The second kappa shape index (κ2) is 6.84. The largest absolute Gasteiger partial charge is 0.480 e. The quantitative estimate of drug-likeness (QED) is 0.552. The van der Waals surface area contributed by atoms with Gasteiger partial charge in [-0.15, -0.1) is 0 Å². The van der Waals surface area contributed by atoms with Crippen LogP contribution in [0.2, 0.25) is 0 Å². The highest BCUT2D eigenvalue weighted by Crippen LogP contribution is 2.34. The van der Waals surface area contributed by atoms with Gasteiger partial charge in [0.25, 0.3) is 0 Å². The zero-order chi connectivity index (χ0) is 18.1. The van der Waals surface area contributed by atoms with Crippen LogP contribution in [0, 0.1) is 5.92 Å². The number of aromatic nitrogens is 2. The number of Topliss-reactive ketones (excluding diaryl/α,β-unsaturated/α-hetero) is 1. The average Bonchev–Trinajstić information content (AvgIpc) is 3.28. The van der Waals surface area contributed by atoms with Crippen molar-refractivity contribution in [2.24, 2.45) is 5.92 Å². The fourth-order valence-electron chi connectivity index (χ4n) is 3.26. The van der Waals surface area contributed by atoms with Crippen LogP contribution >= 0.6 is 11.9 Å². The van der Waals surface area contributed by atoms with Gasteiger partial charge in [-0.2, -0.15) is 0 Å². The van der Waals surface area contributed by atoms with Gasteiger partial charge in [0.2, 0.25) is 0 Å². The molecule has 3 heterocycles. The van der Waals surface area contributed by atoms with Crippen molar-refractivity contribution in [3.8, 4) is 0 Å². The van der Waals surface area contributed by atoms with Crippen molar-refractivity contribution in [2.45, 2.75) is 6.54 Å². The lowest BCUT2D eigenvalue weighted by molar-refractivity contribution is -0.137. The minimum Gasteiger partial charge on any atom is -0.480 e. The van der Waals surface area contributed by atoms with Gasteiger partial charge in [-0.25, -0.2) is 0 Å². The molecule has 0 bridgehead atoms. The molecule has 0 amide bonds. The van der Waals surface area contributed by atoms with Gasteiger partial charge in [-0.05, 0) is 30.1 Å². The number of hydrogen-bond donors (Lipinski definition) is 1. The summed E-state index contributed by atoms with van der Waals surface area (Å²) in [5.41, 5.74) is 2.36. The van der Waals surface area contributed by atoms with Gasteiger partial charge in [-0.3, -0.25) is 14.6 Å². The van der Waals surface area contributed by atoms with Gasteiger partial charge >= 0.3 is 5.97 Å². The second-order valence-electron chi connectivity index (χ2n) is 6.21. The number of carbonyl (C=O) groups is 2. The topological polar surface area (TPSA) is 75.4 Å². The summed E-state index contributed by atoms with van der Waals surface area (Å²) >= 11 is 1.62. The number of nitrogens with zero attached hydrogens (tertiary/aromatic N) is 3. The number of para-hydroxylation sites is 1. The fraction of sp³-hybridized carbons (Fsp3) is 0.211. The van der Waals surface area contributed by atoms with Gasteiger partial charge in [-0.1, -0.05) is 18.2 Å². The van der Waals surface area contributed by atoms with Crippen LogP contribution in [0.25, 0.3) is 10.9 Å². The molecule has 0 radical (unpaired) electrons. The highest BCUT2D eigenvalue weighted by atomic mass is 32.2. The first-order valence-electron chi connectivity index (χ1n) is 8.28. The molecule has 7 heteroatoms. The molecule has 132 valence electrons. The van der Waals surface area contributed by atoms with E-state index in [-0.39, 0.29) is 18.2 Å². The number of anilines is 1. The molecule has 0 spiro atoms. The molecule has 1 atom stereocenters. The highest BCUT2D eigenvalue weighted by Gasteiger charge is 2.32. The Kier molecular flexibility index (Phi) is 4.38. The summed E-state index contributed by atoms with van der Waals surface area (Å²) < 4.78 is 3.72. The number of rotatable bonds is 5. The summed E-state index contributed by atoms with van der Waals surface area (Å²) in [5, 5.41) is 9.93. The van der Waals surface area contributed by atoms with Crippen molar-refractivity contribution in [3.05, 3.63) is 60.6 Å². The van der Waals surface area contributed by atoms with Crippen molar-refractivity contribution in [3.63, 3.8) is 0 Å². The molecule has 0 aliphatic carbocycles. The molecule has 1 aliphatic rings. The first kappa shape index (κ1) is 16.7. The van der Waals surface area contributed by atoms with E-state index in [0.717, 1.165) is 16.6 Å². The first-order valence-corrected chi connectivity index (χ1v) is 9.22. The monoisotopic (exact) mass is 367 g/mol. The van der Waals surface area contributed by atoms with Gasteiger partial charge in [0, 0.05) is 41.2 Å². The van der Waals surface area contributed by atoms with E-state index in [9.17, 15) is 9.59 Å². The molecule has 1 unspecified atom stereocenters. The standard InChI is InChI=1S/C19H17N3O3S/c23-18(24)11-21-10-16(15-5-1-2-6-17(15)21)19(25)13-9-22(26-12-13)14-4-3-7-20-8-14/h1-8,10,13H,9,11-12H2,(H,23,24). The number of hydrogen-bond acceptors (Lipinski definition) is 5. The Hall–Kier alpha value is -2.80. The summed E-state index contributed by atoms with van der Waals surface area (Å²) in [6.45, 7) is 0.461. The number of carboxylic acids is 1. The van der Waals surface area contributed by atoms with E-state index < -0.39 is 5.97 Å². The summed E-state index contributed by atoms with van der Waals surface area (Å²) in [4.78, 5) is 28.4. The SMILES string of the molecule is O=C(O)Cn1cc(C(=O)C2CSN(c3cccnc3)C2)c2ccccc21. The predicted octanol–water partition coefficient (Wildman–Crippen LogP) is 3.09. The Morgan fingerprint density at radius 3 is 2.85 bits per heavy atom. The Morgan fingerprint density at radius 1 is 1.23 bits per heavy atom. The molecule has 26 heavy (non-hydrogen) atoms. The molecule has 3 aromatic rings. The smallest absolute Gasteiger partial charge is 0.323 e. The summed E-state index contributed by atoms with van der Waals surface area (Å²) in [6, 6.07) is 11.3. The van der Waals surface area contributed by atoms with Gasteiger partial charge in [0.05, 0.1) is 17.8 Å². The Bertz CT molecular complexity index is 971. The van der Waals surface area contributed by atoms with E-state index in [2.05, 4.69) is 9.29 Å². The van der Waals surface area contributed by atoms with Crippen LogP contribution in [0.15, 0.2) is 55.0 Å². The third-order valence-electron chi connectivity index (χ3n) is 4.48. The number of carboxylic acid groups (broad SMARTS) is 1. The van der Waals surface area contributed by atoms with Crippen LogP contribution in [0.5, 0.6) is 0 Å². The van der Waals surface area contributed by atoms with E-state index in [1.807, 2.05) is 36.4 Å². The molecular weight excluding hydrogens is 350 g/mol. The average molecular weight is 367 g/mol. The molecule has 1 N–H and O–H groups in total. The fourth-order valence-corrected chi connectivity index (χ4v) is 4.42. The maximum absolute atomic E-state index is 13.1. The normalized spacial score (nSPS) is 16.9. The van der Waals surface area contributed by atoms with Crippen LogP contribution in [-0.2, 0) is 11.3 Å². The zero-order valence-electron chi connectivity index (χ0n) is 13.9. The van der Waals surface area contributed by atoms with E-state index in [1.165, 1.54) is 0 Å². The zero-order valence-corrected chi connectivity index (χ0v) is 14.7. The molecule has 0 saturated carbocycles. The van der Waals surface area contributed by atoms with Crippen molar-refractivity contribution in [1.29, 1.82) is 0 Å². The number of aliphatic carboxylic acids is 1. The predicted molar refractivity (Wildman–Crippen MR) is 101 cm³/mol. The summed E-state index contributed by atoms with van der Waals surface area (Å²) in [7, 11) is 0. The van der Waals surface area contributed by atoms with Crippen LogP contribution in [-0.4, -0.2) is 38.7 Å².